The molecule has 4 atom stereocenters. The fraction of sp³-hybridized carbons (Fsp3) is 0.304. The zero-order valence-corrected chi connectivity index (χ0v) is 15.4. The van der Waals surface area contributed by atoms with Crippen LogP contribution in [0.2, 0.25) is 0 Å². The Labute approximate surface area is 158 Å². The van der Waals surface area contributed by atoms with Gasteiger partial charge in [0.2, 0.25) is 11.8 Å². The van der Waals surface area contributed by atoms with Crippen LogP contribution >= 0.6 is 0 Å². The highest BCUT2D eigenvalue weighted by Gasteiger charge is 2.67. The minimum atomic E-state index is -0.590. The number of benzene rings is 2. The van der Waals surface area contributed by atoms with E-state index in [-0.39, 0.29) is 29.6 Å². The average Bonchev–Trinajstić information content (AvgIpc) is 3.30. The molecule has 3 aliphatic rings. The van der Waals surface area contributed by atoms with E-state index >= 15 is 0 Å². The third-order valence-electron chi connectivity index (χ3n) is 6.46. The van der Waals surface area contributed by atoms with Crippen LogP contribution in [0.4, 0.5) is 5.69 Å². The Bertz CT molecular complexity index is 960. The second kappa shape index (κ2) is 5.56. The van der Waals surface area contributed by atoms with Gasteiger partial charge in [-0.3, -0.25) is 9.59 Å². The van der Waals surface area contributed by atoms with Crippen LogP contribution in [-0.2, 0) is 9.59 Å². The average molecular weight is 359 g/mol. The standard InChI is InChI=1S/C23H21NO3/c1-14-3-9-18(10-4-14)27-19-11-7-17(8-12-19)24-21(25)20-15-5-6-16(13-15)23(20,2)22(24)26/h3-12,15-16,20H,13H2,1-2H3/t15-,16+,20-,23+/m1/s1. The Hall–Kier alpha value is -2.88. The van der Waals surface area contributed by atoms with E-state index in [0.717, 1.165) is 12.2 Å². The van der Waals surface area contributed by atoms with E-state index in [1.807, 2.05) is 38.1 Å². The van der Waals surface area contributed by atoms with Crippen molar-refractivity contribution in [1.29, 1.82) is 0 Å². The van der Waals surface area contributed by atoms with Crippen LogP contribution < -0.4 is 9.64 Å². The van der Waals surface area contributed by atoms with Crippen LogP contribution in [0, 0.1) is 30.1 Å². The number of rotatable bonds is 3. The molecule has 0 aromatic heterocycles. The van der Waals surface area contributed by atoms with Gasteiger partial charge in [-0.05, 0) is 68.5 Å². The second-order valence-corrected chi connectivity index (χ2v) is 8.04. The fourth-order valence-electron chi connectivity index (χ4n) is 4.96. The number of anilines is 1. The molecule has 2 bridgehead atoms. The lowest BCUT2D eigenvalue weighted by atomic mass is 9.71. The first-order valence-electron chi connectivity index (χ1n) is 9.40. The number of allylic oxidation sites excluding steroid dienone is 2. The molecule has 0 N–H and O–H groups in total. The largest absolute Gasteiger partial charge is 0.457 e. The SMILES string of the molecule is Cc1ccc(Oc2ccc(N3C(=O)[C@H]4[C@@H]5C=C[C@@H](C5)[C@]4(C)C3=O)cc2)cc1. The van der Waals surface area contributed by atoms with Gasteiger partial charge in [0.1, 0.15) is 11.5 Å². The van der Waals surface area contributed by atoms with E-state index in [9.17, 15) is 9.59 Å². The van der Waals surface area contributed by atoms with Gasteiger partial charge in [-0.25, -0.2) is 4.90 Å². The molecule has 1 aliphatic heterocycles. The second-order valence-electron chi connectivity index (χ2n) is 8.04. The number of hydrogen-bond donors (Lipinski definition) is 0. The number of carbonyl (C=O) groups is 2. The molecule has 5 rings (SSSR count). The number of ether oxygens (including phenoxy) is 1. The molecule has 2 amide bonds. The van der Waals surface area contributed by atoms with Gasteiger partial charge in [0.05, 0.1) is 17.0 Å². The summed E-state index contributed by atoms with van der Waals surface area (Å²) in [5.74, 6) is 1.46. The van der Waals surface area contributed by atoms with Crippen molar-refractivity contribution in [2.75, 3.05) is 4.90 Å². The van der Waals surface area contributed by atoms with E-state index in [2.05, 4.69) is 12.2 Å². The molecular formula is C23H21NO3. The summed E-state index contributed by atoms with van der Waals surface area (Å²) in [4.78, 5) is 27.6. The third-order valence-corrected chi connectivity index (χ3v) is 6.46. The minimum Gasteiger partial charge on any atom is -0.457 e. The lowest BCUT2D eigenvalue weighted by molar-refractivity contribution is -0.127. The number of amides is 2. The molecule has 0 unspecified atom stereocenters. The zero-order chi connectivity index (χ0) is 18.8. The van der Waals surface area contributed by atoms with Gasteiger partial charge < -0.3 is 4.74 Å². The zero-order valence-electron chi connectivity index (χ0n) is 15.4. The molecule has 27 heavy (non-hydrogen) atoms. The molecule has 4 nitrogen and oxygen atoms in total. The van der Waals surface area contributed by atoms with Crippen LogP contribution in [-0.4, -0.2) is 11.8 Å². The third kappa shape index (κ3) is 2.22. The van der Waals surface area contributed by atoms with Crippen molar-refractivity contribution >= 4 is 17.5 Å². The molecule has 0 radical (unpaired) electrons. The molecule has 136 valence electrons. The summed E-state index contributed by atoms with van der Waals surface area (Å²) in [6.07, 6.45) is 5.16. The maximum absolute atomic E-state index is 13.2. The van der Waals surface area contributed by atoms with Crippen LogP contribution in [0.15, 0.2) is 60.7 Å². The highest BCUT2D eigenvalue weighted by atomic mass is 16.5. The Morgan fingerprint density at radius 1 is 0.963 bits per heavy atom. The predicted octanol–water partition coefficient (Wildman–Crippen LogP) is 4.49. The number of nitrogens with zero attached hydrogens (tertiary/aromatic N) is 1. The molecule has 0 spiro atoms. The molecule has 2 aromatic carbocycles. The lowest BCUT2D eigenvalue weighted by Gasteiger charge is -2.28. The Kier molecular flexibility index (Phi) is 3.36. The van der Waals surface area contributed by atoms with Gasteiger partial charge in [0.25, 0.3) is 0 Å². The van der Waals surface area contributed by atoms with Gasteiger partial charge in [0.15, 0.2) is 0 Å². The highest BCUT2D eigenvalue weighted by molar-refractivity contribution is 6.24. The van der Waals surface area contributed by atoms with Crippen molar-refractivity contribution in [3.8, 4) is 11.5 Å². The summed E-state index contributed by atoms with van der Waals surface area (Å²) in [6.45, 7) is 3.99. The minimum absolute atomic E-state index is 0.0634. The normalized spacial score (nSPS) is 30.9. The maximum Gasteiger partial charge on any atom is 0.241 e. The first-order chi connectivity index (χ1) is 13.0. The summed E-state index contributed by atoms with van der Waals surface area (Å²) < 4.78 is 5.84. The molecular weight excluding hydrogens is 338 g/mol. The number of imide groups is 1. The van der Waals surface area contributed by atoms with Gasteiger partial charge >= 0.3 is 0 Å². The highest BCUT2D eigenvalue weighted by Crippen LogP contribution is 2.60. The Morgan fingerprint density at radius 2 is 1.59 bits per heavy atom. The molecule has 2 fully saturated rings. The first kappa shape index (κ1) is 16.3. The number of carbonyl (C=O) groups excluding carboxylic acids is 2. The van der Waals surface area contributed by atoms with Crippen molar-refractivity contribution < 1.29 is 14.3 Å². The summed E-state index contributed by atoms with van der Waals surface area (Å²) >= 11 is 0. The Balaban J connectivity index is 1.40. The van der Waals surface area contributed by atoms with Gasteiger partial charge in [-0.1, -0.05) is 29.8 Å². The maximum atomic E-state index is 13.2. The Morgan fingerprint density at radius 3 is 2.22 bits per heavy atom. The summed E-state index contributed by atoms with van der Waals surface area (Å²) in [6, 6.07) is 15.0. The van der Waals surface area contributed by atoms with Crippen molar-refractivity contribution in [3.05, 3.63) is 66.2 Å². The first-order valence-corrected chi connectivity index (χ1v) is 9.40. The monoisotopic (exact) mass is 359 g/mol. The van der Waals surface area contributed by atoms with Crippen LogP contribution in [0.1, 0.15) is 18.9 Å². The number of hydrogen-bond acceptors (Lipinski definition) is 3. The number of aryl methyl sites for hydroxylation is 1. The predicted molar refractivity (Wildman–Crippen MR) is 103 cm³/mol. The van der Waals surface area contributed by atoms with E-state index in [4.69, 9.17) is 4.74 Å². The summed E-state index contributed by atoms with van der Waals surface area (Å²) in [5.41, 5.74) is 1.20. The fourth-order valence-corrected chi connectivity index (χ4v) is 4.96. The molecule has 1 saturated carbocycles. The summed E-state index contributed by atoms with van der Waals surface area (Å²) in [5, 5.41) is 0. The van der Waals surface area contributed by atoms with Crippen molar-refractivity contribution in [2.24, 2.45) is 23.2 Å². The van der Waals surface area contributed by atoms with Crippen LogP contribution in [0.3, 0.4) is 0 Å². The van der Waals surface area contributed by atoms with Crippen molar-refractivity contribution in [1.82, 2.24) is 0 Å². The van der Waals surface area contributed by atoms with Gasteiger partial charge in [0, 0.05) is 0 Å². The molecule has 4 heteroatoms. The summed E-state index contributed by atoms with van der Waals surface area (Å²) in [7, 11) is 0. The molecule has 1 saturated heterocycles. The topological polar surface area (TPSA) is 46.6 Å². The lowest BCUT2D eigenvalue weighted by Crippen LogP contribution is -2.37. The van der Waals surface area contributed by atoms with E-state index in [1.54, 1.807) is 24.3 Å². The van der Waals surface area contributed by atoms with Gasteiger partial charge in [-0.15, -0.1) is 0 Å². The molecule has 2 aliphatic carbocycles. The van der Waals surface area contributed by atoms with Crippen molar-refractivity contribution in [2.45, 2.75) is 20.3 Å². The van der Waals surface area contributed by atoms with Gasteiger partial charge in [-0.2, -0.15) is 0 Å². The van der Waals surface area contributed by atoms with Crippen LogP contribution in [0.25, 0.3) is 0 Å². The van der Waals surface area contributed by atoms with Crippen LogP contribution in [0.5, 0.6) is 11.5 Å². The molecule has 2 aromatic rings. The van der Waals surface area contributed by atoms with E-state index in [0.29, 0.717) is 11.4 Å². The van der Waals surface area contributed by atoms with E-state index < -0.39 is 5.41 Å². The van der Waals surface area contributed by atoms with E-state index in [1.165, 1.54) is 10.5 Å². The smallest absolute Gasteiger partial charge is 0.241 e. The van der Waals surface area contributed by atoms with Crippen molar-refractivity contribution in [3.63, 3.8) is 0 Å². The number of fused-ring (bicyclic) bond motifs is 5. The molecule has 1 heterocycles. The quantitative estimate of drug-likeness (QED) is 0.599.